The minimum absolute atomic E-state index is 0.103. The highest BCUT2D eigenvalue weighted by Crippen LogP contribution is 2.21. The molecule has 0 unspecified atom stereocenters. The highest BCUT2D eigenvalue weighted by atomic mass is 32.2. The minimum atomic E-state index is -4.35. The van der Waals surface area contributed by atoms with Crippen LogP contribution in [0.5, 0.6) is 0 Å². The molecule has 7 nitrogen and oxygen atoms in total. The summed E-state index contributed by atoms with van der Waals surface area (Å²) in [6, 6.07) is 2.42. The summed E-state index contributed by atoms with van der Waals surface area (Å²) in [7, 11) is -3.26. The SMILES string of the molecule is CCN(CC(=O)OC)S(=O)(=O)c1cc(C(=O)O)ccc1F. The summed E-state index contributed by atoms with van der Waals surface area (Å²) in [5, 5.41) is 8.84. The van der Waals surface area contributed by atoms with Crippen LogP contribution in [0.4, 0.5) is 4.39 Å². The second-order valence-corrected chi connectivity index (χ2v) is 5.86. The molecule has 21 heavy (non-hydrogen) atoms. The summed E-state index contributed by atoms with van der Waals surface area (Å²) < 4.78 is 43.4. The molecule has 1 rings (SSSR count). The molecule has 0 saturated carbocycles. The molecule has 0 aliphatic carbocycles. The lowest BCUT2D eigenvalue weighted by Crippen LogP contribution is -2.36. The van der Waals surface area contributed by atoms with Crippen molar-refractivity contribution >= 4 is 22.0 Å². The van der Waals surface area contributed by atoms with Crippen LogP contribution in [0, 0.1) is 5.82 Å². The van der Waals surface area contributed by atoms with E-state index in [0.29, 0.717) is 10.4 Å². The van der Waals surface area contributed by atoms with Crippen LogP contribution in [0.3, 0.4) is 0 Å². The Morgan fingerprint density at radius 3 is 2.48 bits per heavy atom. The molecule has 1 N–H and O–H groups in total. The number of carboxylic acid groups (broad SMARTS) is 1. The van der Waals surface area contributed by atoms with E-state index in [1.54, 1.807) is 0 Å². The van der Waals surface area contributed by atoms with Gasteiger partial charge in [-0.1, -0.05) is 6.92 Å². The van der Waals surface area contributed by atoms with Gasteiger partial charge in [-0.15, -0.1) is 0 Å². The van der Waals surface area contributed by atoms with Crippen LogP contribution in [0.15, 0.2) is 23.1 Å². The van der Waals surface area contributed by atoms with Crippen molar-refractivity contribution in [2.24, 2.45) is 0 Å². The number of hydrogen-bond acceptors (Lipinski definition) is 5. The summed E-state index contributed by atoms with van der Waals surface area (Å²) in [6.07, 6.45) is 0. The Labute approximate surface area is 121 Å². The predicted molar refractivity (Wildman–Crippen MR) is 69.8 cm³/mol. The number of esters is 1. The largest absolute Gasteiger partial charge is 0.478 e. The molecule has 0 saturated heterocycles. The first kappa shape index (κ1) is 17.1. The van der Waals surface area contributed by atoms with Crippen molar-refractivity contribution in [1.29, 1.82) is 0 Å². The number of carbonyl (C=O) groups is 2. The van der Waals surface area contributed by atoms with Crippen LogP contribution in [0.1, 0.15) is 17.3 Å². The number of benzene rings is 1. The Hall–Kier alpha value is -2.00. The van der Waals surface area contributed by atoms with E-state index in [0.717, 1.165) is 19.2 Å². The number of aromatic carboxylic acids is 1. The van der Waals surface area contributed by atoms with Gasteiger partial charge in [-0.25, -0.2) is 17.6 Å². The maximum absolute atomic E-state index is 13.7. The molecule has 0 atom stereocenters. The summed E-state index contributed by atoms with van der Waals surface area (Å²) >= 11 is 0. The molecule has 0 radical (unpaired) electrons. The van der Waals surface area contributed by atoms with Gasteiger partial charge >= 0.3 is 11.9 Å². The molecule has 0 aliphatic heterocycles. The van der Waals surface area contributed by atoms with E-state index < -0.39 is 39.2 Å². The molecule has 116 valence electrons. The van der Waals surface area contributed by atoms with Gasteiger partial charge in [0, 0.05) is 6.54 Å². The number of ether oxygens (including phenoxy) is 1. The normalized spacial score (nSPS) is 11.4. The number of halogens is 1. The number of methoxy groups -OCH3 is 1. The lowest BCUT2D eigenvalue weighted by Gasteiger charge is -2.19. The van der Waals surface area contributed by atoms with E-state index in [9.17, 15) is 22.4 Å². The van der Waals surface area contributed by atoms with Gasteiger partial charge in [0.1, 0.15) is 17.3 Å². The number of nitrogens with zero attached hydrogens (tertiary/aromatic N) is 1. The fourth-order valence-corrected chi connectivity index (χ4v) is 3.03. The monoisotopic (exact) mass is 319 g/mol. The third-order valence-electron chi connectivity index (χ3n) is 2.68. The molecule has 1 aromatic carbocycles. The molecule has 0 heterocycles. The Balaban J connectivity index is 3.31. The Kier molecular flexibility index (Phi) is 5.39. The number of carboxylic acids is 1. The third-order valence-corrected chi connectivity index (χ3v) is 4.62. The molecule has 0 amide bonds. The fourth-order valence-electron chi connectivity index (χ4n) is 1.55. The van der Waals surface area contributed by atoms with Gasteiger partial charge in [0.05, 0.1) is 12.7 Å². The predicted octanol–water partition coefficient (Wildman–Crippen LogP) is 0.708. The number of hydrogen-bond donors (Lipinski definition) is 1. The summed E-state index contributed by atoms with van der Waals surface area (Å²) in [5.41, 5.74) is -0.371. The topological polar surface area (TPSA) is 101 Å². The Morgan fingerprint density at radius 2 is 2.00 bits per heavy atom. The molecule has 0 bridgehead atoms. The zero-order valence-electron chi connectivity index (χ0n) is 11.4. The van der Waals surface area contributed by atoms with Gasteiger partial charge in [-0.3, -0.25) is 4.79 Å². The zero-order valence-corrected chi connectivity index (χ0v) is 12.2. The maximum atomic E-state index is 13.7. The van der Waals surface area contributed by atoms with Crippen molar-refractivity contribution in [3.63, 3.8) is 0 Å². The molecule has 0 aromatic heterocycles. The molecular weight excluding hydrogens is 305 g/mol. The molecule has 0 aliphatic rings. The minimum Gasteiger partial charge on any atom is -0.478 e. The molecule has 0 fully saturated rings. The van der Waals surface area contributed by atoms with E-state index in [2.05, 4.69) is 4.74 Å². The second kappa shape index (κ2) is 6.64. The van der Waals surface area contributed by atoms with E-state index >= 15 is 0 Å². The first-order chi connectivity index (χ1) is 9.73. The molecule has 1 aromatic rings. The first-order valence-corrected chi connectivity index (χ1v) is 7.27. The first-order valence-electron chi connectivity index (χ1n) is 5.83. The summed E-state index contributed by atoms with van der Waals surface area (Å²) in [4.78, 5) is 21.3. The standard InChI is InChI=1S/C12H14FNO6S/c1-3-14(7-11(15)20-2)21(18,19)10-6-8(12(16)17)4-5-9(10)13/h4-6H,3,7H2,1-2H3,(H,16,17). The van der Waals surface area contributed by atoms with Crippen molar-refractivity contribution in [1.82, 2.24) is 4.31 Å². The number of likely N-dealkylation sites (N-methyl/N-ethyl adjacent to an activating group) is 1. The van der Waals surface area contributed by atoms with Crippen LogP contribution in [0.25, 0.3) is 0 Å². The summed E-state index contributed by atoms with van der Waals surface area (Å²) in [5.74, 6) is -3.29. The summed E-state index contributed by atoms with van der Waals surface area (Å²) in [6.45, 7) is 0.764. The van der Waals surface area contributed by atoms with Crippen molar-refractivity contribution < 1.29 is 32.2 Å². The highest BCUT2D eigenvalue weighted by molar-refractivity contribution is 7.89. The molecule has 0 spiro atoms. The van der Waals surface area contributed by atoms with Crippen LogP contribution in [-0.4, -0.2) is 50.0 Å². The maximum Gasteiger partial charge on any atom is 0.335 e. The van der Waals surface area contributed by atoms with Crippen molar-refractivity contribution in [2.75, 3.05) is 20.2 Å². The van der Waals surface area contributed by atoms with Gasteiger partial charge in [0.2, 0.25) is 10.0 Å². The molecule has 9 heteroatoms. The van der Waals surface area contributed by atoms with E-state index in [1.807, 2.05) is 0 Å². The quantitative estimate of drug-likeness (QED) is 0.775. The number of sulfonamides is 1. The lowest BCUT2D eigenvalue weighted by molar-refractivity contribution is -0.140. The van der Waals surface area contributed by atoms with Crippen LogP contribution >= 0.6 is 0 Å². The van der Waals surface area contributed by atoms with Gasteiger partial charge in [0.15, 0.2) is 0 Å². The van der Waals surface area contributed by atoms with Crippen LogP contribution < -0.4 is 0 Å². The van der Waals surface area contributed by atoms with E-state index in [1.165, 1.54) is 6.92 Å². The van der Waals surface area contributed by atoms with E-state index in [-0.39, 0.29) is 12.1 Å². The van der Waals surface area contributed by atoms with Gasteiger partial charge in [-0.2, -0.15) is 4.31 Å². The third kappa shape index (κ3) is 3.76. The van der Waals surface area contributed by atoms with Crippen molar-refractivity contribution in [3.05, 3.63) is 29.6 Å². The van der Waals surface area contributed by atoms with Crippen molar-refractivity contribution in [3.8, 4) is 0 Å². The second-order valence-electron chi connectivity index (χ2n) is 3.96. The number of carbonyl (C=O) groups excluding carboxylic acids is 1. The smallest absolute Gasteiger partial charge is 0.335 e. The van der Waals surface area contributed by atoms with Crippen molar-refractivity contribution in [2.45, 2.75) is 11.8 Å². The Morgan fingerprint density at radius 1 is 1.38 bits per heavy atom. The van der Waals surface area contributed by atoms with Gasteiger partial charge in [0.25, 0.3) is 0 Å². The van der Waals surface area contributed by atoms with E-state index in [4.69, 9.17) is 5.11 Å². The zero-order chi connectivity index (χ0) is 16.2. The average Bonchev–Trinajstić information content (AvgIpc) is 2.44. The van der Waals surface area contributed by atoms with Gasteiger partial charge < -0.3 is 9.84 Å². The van der Waals surface area contributed by atoms with Crippen LogP contribution in [-0.2, 0) is 19.6 Å². The average molecular weight is 319 g/mol. The highest BCUT2D eigenvalue weighted by Gasteiger charge is 2.29. The van der Waals surface area contributed by atoms with Crippen LogP contribution in [0.2, 0.25) is 0 Å². The Bertz CT molecular complexity index is 658. The molecular formula is C12H14FNO6S. The van der Waals surface area contributed by atoms with Gasteiger partial charge in [-0.05, 0) is 18.2 Å². The fraction of sp³-hybridized carbons (Fsp3) is 0.333. The lowest BCUT2D eigenvalue weighted by atomic mass is 10.2. The number of rotatable bonds is 6.